The molecule has 1 N–H and O–H groups in total. The Bertz CT molecular complexity index is 890. The molecule has 1 aliphatic carbocycles. The van der Waals surface area contributed by atoms with Crippen molar-refractivity contribution in [1.29, 1.82) is 0 Å². The van der Waals surface area contributed by atoms with Gasteiger partial charge in [0, 0.05) is 43.6 Å². The number of hydrogen-bond donors (Lipinski definition) is 1. The predicted molar refractivity (Wildman–Crippen MR) is 104 cm³/mol. The number of nitrogens with zero attached hydrogens (tertiary/aromatic N) is 3. The van der Waals surface area contributed by atoms with Gasteiger partial charge in [-0.1, -0.05) is 30.7 Å². The summed E-state index contributed by atoms with van der Waals surface area (Å²) in [5.41, 5.74) is 3.06. The zero-order valence-corrected chi connectivity index (χ0v) is 16.2. The van der Waals surface area contributed by atoms with Crippen molar-refractivity contribution in [2.75, 3.05) is 19.6 Å². The van der Waals surface area contributed by atoms with Gasteiger partial charge in [-0.2, -0.15) is 5.10 Å². The van der Waals surface area contributed by atoms with E-state index in [1.807, 2.05) is 11.0 Å². The molecule has 5 rings (SSSR count). The first kappa shape index (κ1) is 17.5. The van der Waals surface area contributed by atoms with Gasteiger partial charge in [0.1, 0.15) is 0 Å². The monoisotopic (exact) mass is 378 g/mol. The summed E-state index contributed by atoms with van der Waals surface area (Å²) in [6.45, 7) is 4.29. The van der Waals surface area contributed by atoms with Crippen molar-refractivity contribution in [2.24, 2.45) is 17.8 Å². The van der Waals surface area contributed by atoms with Crippen LogP contribution >= 0.6 is 0 Å². The lowest BCUT2D eigenvalue weighted by Crippen LogP contribution is -2.42. The molecule has 0 radical (unpaired) electrons. The molecular formula is C22H26N4O2. The van der Waals surface area contributed by atoms with Gasteiger partial charge in [-0.15, -0.1) is 0 Å². The molecule has 3 aliphatic rings. The first-order valence-corrected chi connectivity index (χ1v) is 10.3. The summed E-state index contributed by atoms with van der Waals surface area (Å²) >= 11 is 0. The van der Waals surface area contributed by atoms with Gasteiger partial charge in [0.05, 0.1) is 17.8 Å². The maximum absolute atomic E-state index is 13.2. The number of likely N-dealkylation sites (tertiary alicyclic amines) is 2. The van der Waals surface area contributed by atoms with E-state index in [4.69, 9.17) is 0 Å². The maximum atomic E-state index is 13.2. The van der Waals surface area contributed by atoms with E-state index in [9.17, 15) is 9.59 Å². The number of aromatic nitrogens is 2. The summed E-state index contributed by atoms with van der Waals surface area (Å²) in [7, 11) is 0. The van der Waals surface area contributed by atoms with Gasteiger partial charge in [-0.25, -0.2) is 0 Å². The Kier molecular flexibility index (Phi) is 4.22. The molecule has 2 amide bonds. The van der Waals surface area contributed by atoms with Crippen molar-refractivity contribution >= 4 is 11.8 Å². The molecule has 1 saturated carbocycles. The highest BCUT2D eigenvalue weighted by molar-refractivity contribution is 5.94. The number of amides is 2. The molecular weight excluding hydrogens is 352 g/mol. The Hall–Kier alpha value is -2.63. The van der Waals surface area contributed by atoms with Crippen LogP contribution < -0.4 is 0 Å². The van der Waals surface area contributed by atoms with Gasteiger partial charge in [0.2, 0.25) is 5.91 Å². The molecule has 0 spiro atoms. The molecule has 1 aromatic heterocycles. The first-order chi connectivity index (χ1) is 13.6. The van der Waals surface area contributed by atoms with Crippen LogP contribution in [0.4, 0.5) is 0 Å². The summed E-state index contributed by atoms with van der Waals surface area (Å²) in [6.07, 6.45) is 6.45. The zero-order chi connectivity index (χ0) is 19.3. The molecule has 6 nitrogen and oxygen atoms in total. The van der Waals surface area contributed by atoms with Gasteiger partial charge in [-0.05, 0) is 30.9 Å². The average Bonchev–Trinajstić information content (AvgIpc) is 3.36. The van der Waals surface area contributed by atoms with E-state index in [2.05, 4.69) is 40.2 Å². The van der Waals surface area contributed by atoms with Gasteiger partial charge >= 0.3 is 0 Å². The standard InChI is InChI=1S/C22H26N4O2/c1-14-5-2-3-8-18(14)20-19-13-25(21(27)16-9-23-24-10-16)11-17(19)12-26(20)22(28)15-6-4-7-15/h2-3,5,8-10,15,17,19-20H,4,6-7,11-13H2,1H3,(H,23,24)/t17-,19-,20+/m0/s1. The molecule has 2 aliphatic heterocycles. The fourth-order valence-electron chi connectivity index (χ4n) is 5.19. The number of benzene rings is 1. The van der Waals surface area contributed by atoms with E-state index in [1.54, 1.807) is 12.4 Å². The summed E-state index contributed by atoms with van der Waals surface area (Å²) in [6, 6.07) is 8.46. The topological polar surface area (TPSA) is 69.3 Å². The van der Waals surface area contributed by atoms with Crippen LogP contribution in [0.1, 0.15) is 46.8 Å². The second kappa shape index (κ2) is 6.76. The molecule has 0 unspecified atom stereocenters. The number of carbonyl (C=O) groups excluding carboxylic acids is 2. The largest absolute Gasteiger partial charge is 0.338 e. The van der Waals surface area contributed by atoms with Gasteiger partial charge in [0.15, 0.2) is 0 Å². The van der Waals surface area contributed by atoms with Crippen LogP contribution in [0, 0.1) is 24.7 Å². The molecule has 3 atom stereocenters. The smallest absolute Gasteiger partial charge is 0.257 e. The van der Waals surface area contributed by atoms with E-state index < -0.39 is 0 Å². The van der Waals surface area contributed by atoms with Crippen LogP contribution in [-0.4, -0.2) is 51.4 Å². The molecule has 2 aromatic rings. The lowest BCUT2D eigenvalue weighted by atomic mass is 9.83. The van der Waals surface area contributed by atoms with Gasteiger partial charge < -0.3 is 9.80 Å². The van der Waals surface area contributed by atoms with Crippen molar-refractivity contribution in [3.63, 3.8) is 0 Å². The molecule has 3 heterocycles. The third-order valence-corrected chi connectivity index (χ3v) is 6.94. The van der Waals surface area contributed by atoms with E-state index >= 15 is 0 Å². The lowest BCUT2D eigenvalue weighted by molar-refractivity contribution is -0.139. The van der Waals surface area contributed by atoms with E-state index in [1.165, 1.54) is 17.5 Å². The highest BCUT2D eigenvalue weighted by Gasteiger charge is 2.51. The van der Waals surface area contributed by atoms with Crippen LogP contribution in [0.25, 0.3) is 0 Å². The van der Waals surface area contributed by atoms with Crippen LogP contribution in [0.2, 0.25) is 0 Å². The Morgan fingerprint density at radius 2 is 1.96 bits per heavy atom. The minimum absolute atomic E-state index is 0.0311. The van der Waals surface area contributed by atoms with Crippen LogP contribution in [-0.2, 0) is 4.79 Å². The van der Waals surface area contributed by atoms with Gasteiger partial charge in [-0.3, -0.25) is 14.7 Å². The number of carbonyl (C=O) groups is 2. The van der Waals surface area contributed by atoms with Crippen molar-refractivity contribution in [2.45, 2.75) is 32.2 Å². The van der Waals surface area contributed by atoms with Crippen molar-refractivity contribution in [3.05, 3.63) is 53.3 Å². The molecule has 146 valence electrons. The minimum atomic E-state index is 0.0311. The molecule has 28 heavy (non-hydrogen) atoms. The van der Waals surface area contributed by atoms with Crippen LogP contribution in [0.15, 0.2) is 36.7 Å². The number of H-pyrrole nitrogens is 1. The van der Waals surface area contributed by atoms with Crippen LogP contribution in [0.3, 0.4) is 0 Å². The molecule has 1 aromatic carbocycles. The number of fused-ring (bicyclic) bond motifs is 1. The number of hydrogen-bond acceptors (Lipinski definition) is 3. The maximum Gasteiger partial charge on any atom is 0.257 e. The first-order valence-electron chi connectivity index (χ1n) is 10.3. The number of rotatable bonds is 3. The Morgan fingerprint density at radius 1 is 1.14 bits per heavy atom. The summed E-state index contributed by atoms with van der Waals surface area (Å²) in [4.78, 5) is 30.1. The lowest BCUT2D eigenvalue weighted by Gasteiger charge is -2.35. The molecule has 0 bridgehead atoms. The van der Waals surface area contributed by atoms with E-state index in [0.29, 0.717) is 36.4 Å². The molecule has 3 fully saturated rings. The van der Waals surface area contributed by atoms with Crippen molar-refractivity contribution < 1.29 is 9.59 Å². The third-order valence-electron chi connectivity index (χ3n) is 6.94. The van der Waals surface area contributed by atoms with E-state index in [-0.39, 0.29) is 17.9 Å². The molecule has 6 heteroatoms. The van der Waals surface area contributed by atoms with Crippen molar-refractivity contribution in [3.8, 4) is 0 Å². The Labute approximate surface area is 164 Å². The number of aromatic amines is 1. The van der Waals surface area contributed by atoms with E-state index in [0.717, 1.165) is 19.4 Å². The summed E-state index contributed by atoms with van der Waals surface area (Å²) in [5.74, 6) is 1.18. The third kappa shape index (κ3) is 2.74. The highest BCUT2D eigenvalue weighted by Crippen LogP contribution is 2.47. The van der Waals surface area contributed by atoms with Crippen molar-refractivity contribution in [1.82, 2.24) is 20.0 Å². The number of aryl methyl sites for hydroxylation is 1. The minimum Gasteiger partial charge on any atom is -0.338 e. The second-order valence-corrected chi connectivity index (χ2v) is 8.54. The average molecular weight is 378 g/mol. The Balaban J connectivity index is 1.44. The fraction of sp³-hybridized carbons (Fsp3) is 0.500. The predicted octanol–water partition coefficient (Wildman–Crippen LogP) is 2.79. The van der Waals surface area contributed by atoms with Crippen LogP contribution in [0.5, 0.6) is 0 Å². The van der Waals surface area contributed by atoms with Gasteiger partial charge in [0.25, 0.3) is 5.91 Å². The second-order valence-electron chi connectivity index (χ2n) is 8.54. The normalized spacial score (nSPS) is 27.0. The SMILES string of the molecule is Cc1ccccc1[C@@H]1[C@H]2CN(C(=O)c3cn[nH]c3)C[C@H]2CN1C(=O)C1CCC1. The summed E-state index contributed by atoms with van der Waals surface area (Å²) in [5, 5.41) is 6.63. The highest BCUT2D eigenvalue weighted by atomic mass is 16.2. The number of nitrogens with one attached hydrogen (secondary N) is 1. The fourth-order valence-corrected chi connectivity index (χ4v) is 5.19. The molecule has 2 saturated heterocycles. The zero-order valence-electron chi connectivity index (χ0n) is 16.2. The quantitative estimate of drug-likeness (QED) is 0.893. The Morgan fingerprint density at radius 3 is 2.64 bits per heavy atom. The summed E-state index contributed by atoms with van der Waals surface area (Å²) < 4.78 is 0.